The summed E-state index contributed by atoms with van der Waals surface area (Å²) in [4.78, 5) is 26.7. The molecule has 0 radical (unpaired) electrons. The zero-order valence-corrected chi connectivity index (χ0v) is 16.0. The van der Waals surface area contributed by atoms with Gasteiger partial charge in [-0.05, 0) is 38.9 Å². The number of nitrogens with one attached hydrogen (secondary N) is 2. The fourth-order valence-corrected chi connectivity index (χ4v) is 3.22. The first-order valence-electron chi connectivity index (χ1n) is 7.65. The van der Waals surface area contributed by atoms with Gasteiger partial charge in [0, 0.05) is 19.1 Å². The van der Waals surface area contributed by atoms with E-state index in [9.17, 15) is 9.59 Å². The summed E-state index contributed by atoms with van der Waals surface area (Å²) in [5, 5.41) is 6.32. The Morgan fingerprint density at radius 3 is 2.75 bits per heavy atom. The Kier molecular flexibility index (Phi) is 8.30. The summed E-state index contributed by atoms with van der Waals surface area (Å²) in [5.74, 6) is -0.475. The number of amides is 2. The lowest BCUT2D eigenvalue weighted by molar-refractivity contribution is -0.133. The largest absolute Gasteiger partial charge is 0.340 e. The first kappa shape index (κ1) is 21.0. The van der Waals surface area contributed by atoms with Crippen LogP contribution in [0.25, 0.3) is 0 Å². The van der Waals surface area contributed by atoms with Gasteiger partial charge < -0.3 is 15.5 Å². The van der Waals surface area contributed by atoms with E-state index in [2.05, 4.69) is 10.6 Å². The number of benzene rings is 1. The van der Waals surface area contributed by atoms with E-state index in [-0.39, 0.29) is 34.9 Å². The number of halogens is 3. The predicted molar refractivity (Wildman–Crippen MR) is 99.3 cm³/mol. The molecule has 2 unspecified atom stereocenters. The van der Waals surface area contributed by atoms with Crippen LogP contribution in [0.3, 0.4) is 0 Å². The number of nitrogens with zero attached hydrogens (tertiary/aromatic N) is 1. The van der Waals surface area contributed by atoms with Crippen molar-refractivity contribution in [3.8, 4) is 0 Å². The fourth-order valence-electron chi connectivity index (χ4n) is 2.84. The van der Waals surface area contributed by atoms with E-state index in [1.54, 1.807) is 25.1 Å². The molecule has 24 heavy (non-hydrogen) atoms. The summed E-state index contributed by atoms with van der Waals surface area (Å²) in [6.07, 6.45) is 1.96. The Labute approximate surface area is 158 Å². The molecule has 1 saturated heterocycles. The lowest BCUT2D eigenvalue weighted by Gasteiger charge is -2.27. The lowest BCUT2D eigenvalue weighted by atomic mass is 10.1. The molecule has 0 aliphatic carbocycles. The molecule has 0 saturated carbocycles. The highest BCUT2D eigenvalue weighted by Crippen LogP contribution is 2.25. The van der Waals surface area contributed by atoms with Crippen LogP contribution in [0.4, 0.5) is 0 Å². The summed E-state index contributed by atoms with van der Waals surface area (Å²) in [6.45, 7) is 3.17. The first-order chi connectivity index (χ1) is 11.0. The van der Waals surface area contributed by atoms with Crippen molar-refractivity contribution in [2.45, 2.75) is 31.8 Å². The number of likely N-dealkylation sites (tertiary alicyclic amines) is 1. The predicted octanol–water partition coefficient (Wildman–Crippen LogP) is 2.74. The van der Waals surface area contributed by atoms with Crippen LogP contribution in [-0.4, -0.2) is 48.9 Å². The first-order valence-corrected chi connectivity index (χ1v) is 8.41. The van der Waals surface area contributed by atoms with E-state index < -0.39 is 11.9 Å². The van der Waals surface area contributed by atoms with Crippen LogP contribution in [0.15, 0.2) is 18.2 Å². The number of rotatable bonds is 5. The molecule has 1 aliphatic rings. The molecule has 1 aromatic rings. The van der Waals surface area contributed by atoms with Crippen LogP contribution >= 0.6 is 35.6 Å². The van der Waals surface area contributed by atoms with Crippen molar-refractivity contribution in [1.82, 2.24) is 15.5 Å². The molecular formula is C16H22Cl3N3O2. The van der Waals surface area contributed by atoms with Gasteiger partial charge in [0.15, 0.2) is 0 Å². The summed E-state index contributed by atoms with van der Waals surface area (Å²) in [5.41, 5.74) is 0.270. The summed E-state index contributed by atoms with van der Waals surface area (Å²) in [7, 11) is 1.87. The molecule has 1 fully saturated rings. The second-order valence-electron chi connectivity index (χ2n) is 5.68. The Hall–Kier alpha value is -1.01. The van der Waals surface area contributed by atoms with Gasteiger partial charge in [0.05, 0.1) is 15.6 Å². The van der Waals surface area contributed by atoms with Gasteiger partial charge in [-0.25, -0.2) is 0 Å². The Bertz CT molecular complexity index is 598. The minimum absolute atomic E-state index is 0. The van der Waals surface area contributed by atoms with E-state index >= 15 is 0 Å². The van der Waals surface area contributed by atoms with Gasteiger partial charge in [-0.3, -0.25) is 9.59 Å². The van der Waals surface area contributed by atoms with Crippen LogP contribution in [0.1, 0.15) is 30.1 Å². The van der Waals surface area contributed by atoms with Crippen LogP contribution in [0.2, 0.25) is 10.0 Å². The topological polar surface area (TPSA) is 61.4 Å². The van der Waals surface area contributed by atoms with Gasteiger partial charge in [0.1, 0.15) is 6.04 Å². The molecule has 0 bridgehead atoms. The maximum absolute atomic E-state index is 12.6. The molecule has 5 nitrogen and oxygen atoms in total. The maximum atomic E-state index is 12.6. The maximum Gasteiger partial charge on any atom is 0.253 e. The number of hydrogen-bond donors (Lipinski definition) is 2. The quantitative estimate of drug-likeness (QED) is 0.807. The molecule has 2 atom stereocenters. The second kappa shape index (κ2) is 9.47. The SMILES string of the molecule is CNCC1CCCN1C(=O)C(C)NC(=O)c1cccc(Cl)c1Cl.Cl. The number of carbonyl (C=O) groups excluding carboxylic acids is 2. The Morgan fingerprint density at radius 2 is 2.08 bits per heavy atom. The van der Waals surface area contributed by atoms with Crippen LogP contribution in [0.5, 0.6) is 0 Å². The Morgan fingerprint density at radius 1 is 1.38 bits per heavy atom. The van der Waals surface area contributed by atoms with Crippen molar-refractivity contribution in [1.29, 1.82) is 0 Å². The van der Waals surface area contributed by atoms with Crippen molar-refractivity contribution in [3.63, 3.8) is 0 Å². The molecule has 2 rings (SSSR count). The average Bonchev–Trinajstić information content (AvgIpc) is 2.97. The zero-order chi connectivity index (χ0) is 17.0. The van der Waals surface area contributed by atoms with Crippen molar-refractivity contribution in [2.24, 2.45) is 0 Å². The average molecular weight is 395 g/mol. The molecule has 2 N–H and O–H groups in total. The molecule has 1 aromatic carbocycles. The van der Waals surface area contributed by atoms with E-state index in [1.807, 2.05) is 11.9 Å². The number of carbonyl (C=O) groups is 2. The fraction of sp³-hybridized carbons (Fsp3) is 0.500. The summed E-state index contributed by atoms with van der Waals surface area (Å²) in [6, 6.07) is 4.41. The van der Waals surface area contributed by atoms with E-state index in [4.69, 9.17) is 23.2 Å². The lowest BCUT2D eigenvalue weighted by Crippen LogP contribution is -2.50. The van der Waals surface area contributed by atoms with Crippen molar-refractivity contribution < 1.29 is 9.59 Å². The normalized spacial score (nSPS) is 18.0. The van der Waals surface area contributed by atoms with Crippen molar-refractivity contribution in [2.75, 3.05) is 20.1 Å². The smallest absolute Gasteiger partial charge is 0.253 e. The van der Waals surface area contributed by atoms with Crippen LogP contribution < -0.4 is 10.6 Å². The van der Waals surface area contributed by atoms with E-state index in [0.29, 0.717) is 5.02 Å². The molecule has 0 aromatic heterocycles. The zero-order valence-electron chi connectivity index (χ0n) is 13.6. The van der Waals surface area contributed by atoms with Crippen LogP contribution in [0, 0.1) is 0 Å². The van der Waals surface area contributed by atoms with Gasteiger partial charge >= 0.3 is 0 Å². The highest BCUT2D eigenvalue weighted by Gasteiger charge is 2.31. The third-order valence-corrected chi connectivity index (χ3v) is 4.83. The molecule has 1 heterocycles. The summed E-state index contributed by atoms with van der Waals surface area (Å²) < 4.78 is 0. The third-order valence-electron chi connectivity index (χ3n) is 4.01. The highest BCUT2D eigenvalue weighted by molar-refractivity contribution is 6.43. The van der Waals surface area contributed by atoms with Gasteiger partial charge in [0.25, 0.3) is 5.91 Å². The molecule has 1 aliphatic heterocycles. The van der Waals surface area contributed by atoms with Crippen molar-refractivity contribution in [3.05, 3.63) is 33.8 Å². The molecule has 2 amide bonds. The Balaban J connectivity index is 0.00000288. The molecular weight excluding hydrogens is 373 g/mol. The minimum atomic E-state index is -0.616. The van der Waals surface area contributed by atoms with Gasteiger partial charge in [0.2, 0.25) is 5.91 Å². The molecule has 8 heteroatoms. The number of hydrogen-bond acceptors (Lipinski definition) is 3. The second-order valence-corrected chi connectivity index (χ2v) is 6.47. The van der Waals surface area contributed by atoms with Gasteiger partial charge in [-0.15, -0.1) is 12.4 Å². The third kappa shape index (κ3) is 4.76. The van der Waals surface area contributed by atoms with Crippen molar-refractivity contribution >= 4 is 47.4 Å². The summed E-state index contributed by atoms with van der Waals surface area (Å²) >= 11 is 12.0. The minimum Gasteiger partial charge on any atom is -0.340 e. The standard InChI is InChI=1S/C16H21Cl2N3O2.ClH/c1-10(16(23)21-8-4-5-11(21)9-19-2)20-15(22)12-6-3-7-13(17)14(12)18;/h3,6-7,10-11,19H,4-5,8-9H2,1-2H3,(H,20,22);1H. The van der Waals surface area contributed by atoms with Gasteiger partial charge in [-0.1, -0.05) is 29.3 Å². The number of likely N-dealkylation sites (N-methyl/N-ethyl adjacent to an activating group) is 1. The van der Waals surface area contributed by atoms with E-state index in [1.165, 1.54) is 0 Å². The monoisotopic (exact) mass is 393 g/mol. The van der Waals surface area contributed by atoms with E-state index in [0.717, 1.165) is 25.9 Å². The van der Waals surface area contributed by atoms with Crippen LogP contribution in [-0.2, 0) is 4.79 Å². The molecule has 0 spiro atoms. The van der Waals surface area contributed by atoms with Gasteiger partial charge in [-0.2, -0.15) is 0 Å². The molecule has 134 valence electrons. The highest BCUT2D eigenvalue weighted by atomic mass is 35.5.